The molecule has 24 heavy (non-hydrogen) atoms. The van der Waals surface area contributed by atoms with Gasteiger partial charge < -0.3 is 15.5 Å². The molecule has 1 heterocycles. The summed E-state index contributed by atoms with van der Waals surface area (Å²) in [5.41, 5.74) is 0.353. The predicted octanol–water partition coefficient (Wildman–Crippen LogP) is 1.48. The van der Waals surface area contributed by atoms with Crippen molar-refractivity contribution in [3.05, 3.63) is 29.6 Å². The average molecular weight is 332 g/mol. The van der Waals surface area contributed by atoms with Gasteiger partial charge in [-0.05, 0) is 26.0 Å². The number of carbonyl (C=O) groups is 2. The molecule has 0 aliphatic carbocycles. The van der Waals surface area contributed by atoms with Gasteiger partial charge in [0.15, 0.2) is 0 Å². The molecule has 2 N–H and O–H groups in total. The van der Waals surface area contributed by atoms with Crippen LogP contribution in [-0.2, 0) is 9.59 Å². The number of carbonyl (C=O) groups excluding carboxylic acids is 2. The molecule has 2 amide bonds. The lowest BCUT2D eigenvalue weighted by Gasteiger charge is -2.20. The lowest BCUT2D eigenvalue weighted by Crippen LogP contribution is -2.37. The third-order valence-corrected chi connectivity index (χ3v) is 4.02. The molecule has 1 atom stereocenters. The molecular formula is C17H21FN4O2. The Kier molecular flexibility index (Phi) is 5.74. The Labute approximate surface area is 140 Å². The van der Waals surface area contributed by atoms with Crippen LogP contribution in [0, 0.1) is 23.1 Å². The van der Waals surface area contributed by atoms with E-state index in [0.717, 1.165) is 0 Å². The summed E-state index contributed by atoms with van der Waals surface area (Å²) >= 11 is 0. The van der Waals surface area contributed by atoms with Crippen LogP contribution in [0.1, 0.15) is 25.8 Å². The van der Waals surface area contributed by atoms with Crippen molar-refractivity contribution in [2.45, 2.75) is 26.3 Å². The summed E-state index contributed by atoms with van der Waals surface area (Å²) < 4.78 is 13.5. The van der Waals surface area contributed by atoms with Crippen molar-refractivity contribution < 1.29 is 14.0 Å². The van der Waals surface area contributed by atoms with E-state index in [1.54, 1.807) is 11.0 Å². The molecule has 1 aliphatic rings. The van der Waals surface area contributed by atoms with Crippen LogP contribution in [0.15, 0.2) is 18.2 Å². The number of halogens is 1. The molecular weight excluding hydrogens is 311 g/mol. The molecule has 2 rings (SSSR count). The Morgan fingerprint density at radius 3 is 2.83 bits per heavy atom. The predicted molar refractivity (Wildman–Crippen MR) is 87.6 cm³/mol. The summed E-state index contributed by atoms with van der Waals surface area (Å²) in [4.78, 5) is 25.6. The van der Waals surface area contributed by atoms with Crippen molar-refractivity contribution in [3.63, 3.8) is 0 Å². The molecule has 1 saturated heterocycles. The number of nitrogens with zero attached hydrogens (tertiary/aromatic N) is 2. The Hall–Kier alpha value is -2.62. The summed E-state index contributed by atoms with van der Waals surface area (Å²) in [6, 6.07) is 6.25. The van der Waals surface area contributed by atoms with Gasteiger partial charge in [0.05, 0.1) is 11.6 Å². The van der Waals surface area contributed by atoms with Crippen molar-refractivity contribution in [3.8, 4) is 6.07 Å². The smallest absolute Gasteiger partial charge is 0.225 e. The topological polar surface area (TPSA) is 85.2 Å². The first-order chi connectivity index (χ1) is 11.4. The fourth-order valence-electron chi connectivity index (χ4n) is 2.72. The Morgan fingerprint density at radius 2 is 2.21 bits per heavy atom. The lowest BCUT2D eigenvalue weighted by atomic mass is 10.1. The monoisotopic (exact) mass is 332 g/mol. The molecule has 0 bridgehead atoms. The van der Waals surface area contributed by atoms with E-state index >= 15 is 0 Å². The maximum absolute atomic E-state index is 13.5. The van der Waals surface area contributed by atoms with Gasteiger partial charge in [0.25, 0.3) is 0 Å². The van der Waals surface area contributed by atoms with Crippen LogP contribution in [0.4, 0.5) is 10.1 Å². The highest BCUT2D eigenvalue weighted by molar-refractivity contribution is 5.89. The molecule has 1 aromatic carbocycles. The van der Waals surface area contributed by atoms with Gasteiger partial charge in [-0.2, -0.15) is 5.26 Å². The first-order valence-electron chi connectivity index (χ1n) is 7.93. The fourth-order valence-corrected chi connectivity index (χ4v) is 2.72. The highest BCUT2D eigenvalue weighted by Crippen LogP contribution is 2.20. The number of anilines is 1. The van der Waals surface area contributed by atoms with E-state index in [2.05, 4.69) is 10.6 Å². The van der Waals surface area contributed by atoms with Gasteiger partial charge in [0.2, 0.25) is 11.8 Å². The quantitative estimate of drug-likeness (QED) is 0.773. The number of nitrogens with one attached hydrogen (secondary N) is 2. The SMILES string of the molecule is CC(C)N1C[C@@H](C(=O)NCCNc2cccc(F)c2C#N)CC1=O. The van der Waals surface area contributed by atoms with Crippen LogP contribution >= 0.6 is 0 Å². The molecule has 1 aliphatic heterocycles. The molecule has 0 aromatic heterocycles. The van der Waals surface area contributed by atoms with E-state index < -0.39 is 5.82 Å². The van der Waals surface area contributed by atoms with Crippen LogP contribution in [0.2, 0.25) is 0 Å². The van der Waals surface area contributed by atoms with Crippen LogP contribution in [0.25, 0.3) is 0 Å². The van der Waals surface area contributed by atoms with Crippen molar-refractivity contribution in [2.24, 2.45) is 5.92 Å². The van der Waals surface area contributed by atoms with Crippen molar-refractivity contribution >= 4 is 17.5 Å². The summed E-state index contributed by atoms with van der Waals surface area (Å²) in [5.74, 6) is -1.07. The van der Waals surface area contributed by atoms with Gasteiger partial charge in [-0.25, -0.2) is 4.39 Å². The molecule has 6 nitrogen and oxygen atoms in total. The molecule has 0 radical (unpaired) electrons. The number of hydrogen-bond donors (Lipinski definition) is 2. The highest BCUT2D eigenvalue weighted by atomic mass is 19.1. The van der Waals surface area contributed by atoms with Crippen molar-refractivity contribution in [1.82, 2.24) is 10.2 Å². The van der Waals surface area contributed by atoms with Gasteiger partial charge in [-0.1, -0.05) is 6.07 Å². The molecule has 128 valence electrons. The number of amides is 2. The number of hydrogen-bond acceptors (Lipinski definition) is 4. The summed E-state index contributed by atoms with van der Waals surface area (Å²) in [5, 5.41) is 14.6. The summed E-state index contributed by atoms with van der Waals surface area (Å²) in [7, 11) is 0. The first kappa shape index (κ1) is 17.7. The third-order valence-electron chi connectivity index (χ3n) is 4.02. The number of benzene rings is 1. The van der Waals surface area contributed by atoms with Gasteiger partial charge in [-0.15, -0.1) is 0 Å². The minimum Gasteiger partial charge on any atom is -0.382 e. The number of nitriles is 1. The molecule has 1 fully saturated rings. The van der Waals surface area contributed by atoms with Crippen molar-refractivity contribution in [2.75, 3.05) is 25.0 Å². The number of rotatable bonds is 6. The van der Waals surface area contributed by atoms with Crippen molar-refractivity contribution in [1.29, 1.82) is 5.26 Å². The standard InChI is InChI=1S/C17H21FN4O2/c1-11(2)22-10-12(8-16(22)23)17(24)21-7-6-20-15-5-3-4-14(18)13(15)9-19/h3-5,11-12,20H,6-8,10H2,1-2H3,(H,21,24)/t12-/m0/s1. The molecule has 0 saturated carbocycles. The average Bonchev–Trinajstić information content (AvgIpc) is 2.93. The van der Waals surface area contributed by atoms with Crippen LogP contribution in [0.5, 0.6) is 0 Å². The first-order valence-corrected chi connectivity index (χ1v) is 7.93. The van der Waals surface area contributed by atoms with E-state index in [1.807, 2.05) is 19.9 Å². The lowest BCUT2D eigenvalue weighted by molar-refractivity contribution is -0.129. The zero-order chi connectivity index (χ0) is 17.7. The van der Waals surface area contributed by atoms with E-state index in [4.69, 9.17) is 5.26 Å². The Morgan fingerprint density at radius 1 is 1.46 bits per heavy atom. The molecule has 0 spiro atoms. The minimum atomic E-state index is -0.579. The highest BCUT2D eigenvalue weighted by Gasteiger charge is 2.35. The van der Waals surface area contributed by atoms with Gasteiger partial charge in [-0.3, -0.25) is 9.59 Å². The molecule has 7 heteroatoms. The van der Waals surface area contributed by atoms with Gasteiger partial charge in [0, 0.05) is 32.1 Å². The normalized spacial score (nSPS) is 17.0. The largest absolute Gasteiger partial charge is 0.382 e. The second kappa shape index (κ2) is 7.77. The number of likely N-dealkylation sites (tertiary alicyclic amines) is 1. The maximum atomic E-state index is 13.5. The van der Waals surface area contributed by atoms with E-state index in [1.165, 1.54) is 12.1 Å². The van der Waals surface area contributed by atoms with Gasteiger partial charge in [0.1, 0.15) is 17.4 Å². The fraction of sp³-hybridized carbons (Fsp3) is 0.471. The minimum absolute atomic E-state index is 0.00157. The molecule has 1 aromatic rings. The second-order valence-electron chi connectivity index (χ2n) is 6.03. The second-order valence-corrected chi connectivity index (χ2v) is 6.03. The summed E-state index contributed by atoms with van der Waals surface area (Å²) in [6.45, 7) is 4.98. The Bertz CT molecular complexity index is 669. The van der Waals surface area contributed by atoms with Crippen LogP contribution in [-0.4, -0.2) is 42.4 Å². The maximum Gasteiger partial charge on any atom is 0.225 e. The zero-order valence-electron chi connectivity index (χ0n) is 13.8. The van der Waals surface area contributed by atoms with E-state index in [0.29, 0.717) is 25.3 Å². The molecule has 0 unspecified atom stereocenters. The summed E-state index contributed by atoms with van der Waals surface area (Å²) in [6.07, 6.45) is 0.236. The third kappa shape index (κ3) is 4.02. The van der Waals surface area contributed by atoms with E-state index in [-0.39, 0.29) is 35.8 Å². The van der Waals surface area contributed by atoms with E-state index in [9.17, 15) is 14.0 Å². The van der Waals surface area contributed by atoms with Crippen LogP contribution in [0.3, 0.4) is 0 Å². The zero-order valence-corrected chi connectivity index (χ0v) is 13.8. The van der Waals surface area contributed by atoms with Gasteiger partial charge >= 0.3 is 0 Å². The van der Waals surface area contributed by atoms with Crippen LogP contribution < -0.4 is 10.6 Å². The Balaban J connectivity index is 1.79.